The molecule has 1 unspecified atom stereocenters. The van der Waals surface area contributed by atoms with Crippen molar-refractivity contribution in [3.63, 3.8) is 0 Å². The molecule has 236 valence electrons. The van der Waals surface area contributed by atoms with Crippen molar-refractivity contribution in [3.8, 4) is 5.75 Å². The van der Waals surface area contributed by atoms with Gasteiger partial charge in [0.05, 0.1) is 31.1 Å². The smallest absolute Gasteiger partial charge is 0.255 e. The van der Waals surface area contributed by atoms with Gasteiger partial charge >= 0.3 is 0 Å². The fourth-order valence-corrected chi connectivity index (χ4v) is 7.93. The molecule has 0 bridgehead atoms. The van der Waals surface area contributed by atoms with E-state index in [4.69, 9.17) is 4.74 Å². The molecule has 2 amide bonds. The molecular formula is C33H36N4O6S2. The molecule has 5 rings (SSSR count). The van der Waals surface area contributed by atoms with E-state index >= 15 is 0 Å². The average Bonchev–Trinajstić information content (AvgIpc) is 3.62. The maximum Gasteiger partial charge on any atom is 0.255 e. The number of benzene rings is 3. The highest BCUT2D eigenvalue weighted by atomic mass is 32.2. The third kappa shape index (κ3) is 8.34. The number of methoxy groups -OCH3 is 1. The van der Waals surface area contributed by atoms with E-state index in [1.54, 1.807) is 25.3 Å². The number of aryl methyl sites for hydroxylation is 1. The average molecular weight is 649 g/mol. The lowest BCUT2D eigenvalue weighted by Crippen LogP contribution is -2.48. The number of hydrogen-bond donors (Lipinski definition) is 3. The number of hydrogen-bond acceptors (Lipinski definition) is 9. The van der Waals surface area contributed by atoms with E-state index in [0.717, 1.165) is 22.6 Å². The Bertz CT molecular complexity index is 1740. The Labute approximate surface area is 267 Å². The van der Waals surface area contributed by atoms with E-state index in [2.05, 4.69) is 15.6 Å². The summed E-state index contributed by atoms with van der Waals surface area (Å²) in [6.45, 7) is 2.53. The number of rotatable bonds is 12. The lowest BCUT2D eigenvalue weighted by molar-refractivity contribution is 0.0745. The van der Waals surface area contributed by atoms with Gasteiger partial charge in [-0.15, -0.1) is 11.3 Å². The SMILES string of the molecule is COc1cccc(CNC[C@@H](O)C(Cc2ccccc2)NC(=O)c2cccc(C(=O)N3CS(=O)(=O)C[C@@H]3c3nc(C)cs3)c2)c1. The number of aliphatic hydroxyl groups is 1. The van der Waals surface area contributed by atoms with Gasteiger partial charge in [0.1, 0.15) is 16.6 Å². The van der Waals surface area contributed by atoms with Crippen LogP contribution in [0.25, 0.3) is 0 Å². The monoisotopic (exact) mass is 648 g/mol. The molecule has 3 aromatic carbocycles. The molecule has 45 heavy (non-hydrogen) atoms. The summed E-state index contributed by atoms with van der Waals surface area (Å²) < 4.78 is 30.4. The van der Waals surface area contributed by atoms with Crippen LogP contribution in [0.5, 0.6) is 5.75 Å². The van der Waals surface area contributed by atoms with Crippen molar-refractivity contribution in [3.05, 3.63) is 117 Å². The Kier molecular flexibility index (Phi) is 10.3. The van der Waals surface area contributed by atoms with E-state index in [0.29, 0.717) is 18.0 Å². The molecule has 1 aliphatic heterocycles. The summed E-state index contributed by atoms with van der Waals surface area (Å²) in [6, 6.07) is 22.0. The quantitative estimate of drug-likeness (QED) is 0.212. The standard InChI is InChI=1S/C33H36N4O6S2/c1-22-19-44-32(35-22)29-20-45(41,42)21-37(29)33(40)26-12-7-11-25(16-26)31(39)36-28(15-23-8-4-3-5-9-23)30(38)18-34-17-24-10-6-13-27(14-24)43-2/h3-14,16,19,28-30,34,38H,15,17-18,20-21H2,1-2H3,(H,36,39)/t28?,29-,30-/m1/s1. The Morgan fingerprint density at radius 2 is 1.78 bits per heavy atom. The van der Waals surface area contributed by atoms with Gasteiger partial charge < -0.3 is 25.4 Å². The molecule has 2 heterocycles. The summed E-state index contributed by atoms with van der Waals surface area (Å²) >= 11 is 1.32. The number of nitrogens with zero attached hydrogens (tertiary/aromatic N) is 2. The second-order valence-corrected chi connectivity index (χ2v) is 14.0. The van der Waals surface area contributed by atoms with Gasteiger partial charge in [0.15, 0.2) is 9.84 Å². The first-order valence-corrected chi connectivity index (χ1v) is 17.2. The fraction of sp³-hybridized carbons (Fsp3) is 0.303. The summed E-state index contributed by atoms with van der Waals surface area (Å²) in [4.78, 5) is 32.8. The van der Waals surface area contributed by atoms with Crippen molar-refractivity contribution in [2.45, 2.75) is 38.1 Å². The van der Waals surface area contributed by atoms with E-state index in [-0.39, 0.29) is 23.4 Å². The van der Waals surface area contributed by atoms with Gasteiger partial charge in [-0.3, -0.25) is 9.59 Å². The van der Waals surface area contributed by atoms with Crippen LogP contribution in [0.2, 0.25) is 0 Å². The topological polar surface area (TPSA) is 138 Å². The fourth-order valence-electron chi connectivity index (χ4n) is 5.27. The Morgan fingerprint density at radius 1 is 1.04 bits per heavy atom. The van der Waals surface area contributed by atoms with E-state index in [1.165, 1.54) is 22.3 Å². The first kappa shape index (κ1) is 32.3. The van der Waals surface area contributed by atoms with Crippen LogP contribution in [0.15, 0.2) is 84.2 Å². The third-order valence-electron chi connectivity index (χ3n) is 7.57. The zero-order valence-corrected chi connectivity index (χ0v) is 26.7. The van der Waals surface area contributed by atoms with Gasteiger partial charge in [0.2, 0.25) is 0 Å². The summed E-state index contributed by atoms with van der Waals surface area (Å²) in [6.07, 6.45) is -0.546. The minimum Gasteiger partial charge on any atom is -0.497 e. The molecule has 4 aromatic rings. The van der Waals surface area contributed by atoms with Gasteiger partial charge in [-0.1, -0.05) is 48.5 Å². The zero-order chi connectivity index (χ0) is 32.0. The van der Waals surface area contributed by atoms with Crippen LogP contribution in [-0.4, -0.2) is 72.7 Å². The van der Waals surface area contributed by atoms with E-state index < -0.39 is 45.7 Å². The molecular weight excluding hydrogens is 613 g/mol. The second kappa shape index (κ2) is 14.3. The molecule has 12 heteroatoms. The van der Waals surface area contributed by atoms with Crippen molar-refractivity contribution in [1.82, 2.24) is 20.5 Å². The van der Waals surface area contributed by atoms with Crippen LogP contribution in [0.4, 0.5) is 0 Å². The van der Waals surface area contributed by atoms with Crippen molar-refractivity contribution in [2.75, 3.05) is 25.3 Å². The van der Waals surface area contributed by atoms with Crippen LogP contribution >= 0.6 is 11.3 Å². The minimum atomic E-state index is -3.49. The number of carbonyl (C=O) groups excluding carboxylic acids is 2. The third-order valence-corrected chi connectivity index (χ3v) is 10.1. The van der Waals surface area contributed by atoms with E-state index in [9.17, 15) is 23.1 Å². The predicted octanol–water partition coefficient (Wildman–Crippen LogP) is 3.52. The second-order valence-electron chi connectivity index (χ2n) is 11.1. The van der Waals surface area contributed by atoms with Crippen molar-refractivity contribution in [1.29, 1.82) is 0 Å². The van der Waals surface area contributed by atoms with Crippen LogP contribution in [0.3, 0.4) is 0 Å². The van der Waals surface area contributed by atoms with Crippen LogP contribution in [0.1, 0.15) is 48.6 Å². The number of sulfone groups is 1. The number of ether oxygens (including phenoxy) is 1. The normalized spacial score (nSPS) is 17.0. The largest absolute Gasteiger partial charge is 0.497 e. The number of amides is 2. The van der Waals surface area contributed by atoms with Gasteiger partial charge in [-0.25, -0.2) is 13.4 Å². The van der Waals surface area contributed by atoms with E-state index in [1.807, 2.05) is 66.9 Å². The maximum absolute atomic E-state index is 13.6. The molecule has 1 fully saturated rings. The molecule has 1 aromatic heterocycles. The molecule has 10 nitrogen and oxygen atoms in total. The summed E-state index contributed by atoms with van der Waals surface area (Å²) in [5.41, 5.74) is 3.10. The number of carbonyl (C=O) groups is 2. The van der Waals surface area contributed by atoms with Crippen LogP contribution < -0.4 is 15.4 Å². The first-order chi connectivity index (χ1) is 21.6. The molecule has 0 saturated carbocycles. The molecule has 1 aliphatic rings. The maximum atomic E-state index is 13.6. The molecule has 0 spiro atoms. The molecule has 0 aliphatic carbocycles. The lowest BCUT2D eigenvalue weighted by Gasteiger charge is -2.25. The van der Waals surface area contributed by atoms with Crippen LogP contribution in [0, 0.1) is 6.92 Å². The Hall–Kier alpha value is -4.10. The lowest BCUT2D eigenvalue weighted by atomic mass is 10.00. The minimum absolute atomic E-state index is 0.193. The van der Waals surface area contributed by atoms with Gasteiger partial charge in [0, 0.05) is 35.3 Å². The predicted molar refractivity (Wildman–Crippen MR) is 173 cm³/mol. The number of aromatic nitrogens is 1. The van der Waals surface area contributed by atoms with Gasteiger partial charge in [-0.05, 0) is 54.8 Å². The van der Waals surface area contributed by atoms with Gasteiger partial charge in [-0.2, -0.15) is 0 Å². The molecule has 3 N–H and O–H groups in total. The highest BCUT2D eigenvalue weighted by Gasteiger charge is 2.41. The molecule has 3 atom stereocenters. The number of aliphatic hydroxyl groups excluding tert-OH is 1. The van der Waals surface area contributed by atoms with Crippen LogP contribution in [-0.2, 0) is 22.8 Å². The first-order valence-electron chi connectivity index (χ1n) is 14.5. The van der Waals surface area contributed by atoms with Crippen molar-refractivity contribution in [2.24, 2.45) is 0 Å². The number of thiazole rings is 1. The summed E-state index contributed by atoms with van der Waals surface area (Å²) in [5, 5.41) is 19.8. The highest BCUT2D eigenvalue weighted by Crippen LogP contribution is 2.33. The van der Waals surface area contributed by atoms with Crippen molar-refractivity contribution < 1.29 is 27.9 Å². The summed E-state index contributed by atoms with van der Waals surface area (Å²) in [7, 11) is -1.89. The van der Waals surface area contributed by atoms with Gasteiger partial charge in [0.25, 0.3) is 11.8 Å². The molecule has 0 radical (unpaired) electrons. The number of nitrogens with one attached hydrogen (secondary N) is 2. The summed E-state index contributed by atoms with van der Waals surface area (Å²) in [5.74, 6) is -0.828. The highest BCUT2D eigenvalue weighted by molar-refractivity contribution is 7.91. The zero-order valence-electron chi connectivity index (χ0n) is 25.0. The molecule has 1 saturated heterocycles. The Balaban J connectivity index is 1.30. The Morgan fingerprint density at radius 3 is 2.51 bits per heavy atom. The van der Waals surface area contributed by atoms with Crippen molar-refractivity contribution >= 4 is 33.0 Å².